The number of carbonyl (C=O) groups is 1. The first-order chi connectivity index (χ1) is 15.6. The van der Waals surface area contributed by atoms with Crippen molar-refractivity contribution in [3.05, 3.63) is 71.8 Å². The standard InChI is InChI=1S/C23H23FN6OS/c1-2-3-4-16-7-11-19(12-8-16)27-20(31)14-32-23-21-22(25-15-26-23)30(29-28-21)13-17-5-9-18(24)10-6-17/h5-12,15H,2-4,13-14H2,1H3,(H,27,31). The number of thioether (sulfide) groups is 1. The molecule has 0 aliphatic heterocycles. The molecule has 2 aromatic carbocycles. The van der Waals surface area contributed by atoms with Crippen LogP contribution in [0.25, 0.3) is 11.2 Å². The maximum atomic E-state index is 13.1. The van der Waals surface area contributed by atoms with E-state index < -0.39 is 0 Å². The van der Waals surface area contributed by atoms with Gasteiger partial charge in [0.15, 0.2) is 11.2 Å². The summed E-state index contributed by atoms with van der Waals surface area (Å²) in [7, 11) is 0. The molecular formula is C23H23FN6OS. The molecule has 164 valence electrons. The lowest BCUT2D eigenvalue weighted by atomic mass is 10.1. The average molecular weight is 451 g/mol. The van der Waals surface area contributed by atoms with Gasteiger partial charge >= 0.3 is 0 Å². The lowest BCUT2D eigenvalue weighted by molar-refractivity contribution is -0.113. The SMILES string of the molecule is CCCCc1ccc(NC(=O)CSc2ncnc3c2nnn3Cc2ccc(F)cc2)cc1. The van der Waals surface area contributed by atoms with Crippen molar-refractivity contribution < 1.29 is 9.18 Å². The molecule has 32 heavy (non-hydrogen) atoms. The van der Waals surface area contributed by atoms with Crippen molar-refractivity contribution in [1.29, 1.82) is 0 Å². The van der Waals surface area contributed by atoms with Gasteiger partial charge in [-0.15, -0.1) is 5.10 Å². The second kappa shape index (κ2) is 10.3. The maximum Gasteiger partial charge on any atom is 0.234 e. The van der Waals surface area contributed by atoms with E-state index in [2.05, 4.69) is 32.5 Å². The molecule has 9 heteroatoms. The van der Waals surface area contributed by atoms with Gasteiger partial charge in [0.2, 0.25) is 5.91 Å². The number of aryl methyl sites for hydroxylation is 1. The first-order valence-electron chi connectivity index (χ1n) is 10.4. The Morgan fingerprint density at radius 1 is 1.06 bits per heavy atom. The van der Waals surface area contributed by atoms with E-state index in [1.54, 1.807) is 16.8 Å². The fourth-order valence-electron chi connectivity index (χ4n) is 3.21. The number of aromatic nitrogens is 5. The third kappa shape index (κ3) is 5.47. The smallest absolute Gasteiger partial charge is 0.234 e. The van der Waals surface area contributed by atoms with E-state index >= 15 is 0 Å². The molecule has 0 aliphatic carbocycles. The molecule has 0 atom stereocenters. The summed E-state index contributed by atoms with van der Waals surface area (Å²) in [6.45, 7) is 2.58. The molecule has 1 N–H and O–H groups in total. The molecule has 0 spiro atoms. The highest BCUT2D eigenvalue weighted by atomic mass is 32.2. The normalized spacial score (nSPS) is 11.1. The number of halogens is 1. The first kappa shape index (κ1) is 21.9. The first-order valence-corrected chi connectivity index (χ1v) is 11.4. The monoisotopic (exact) mass is 450 g/mol. The second-order valence-electron chi connectivity index (χ2n) is 7.36. The molecule has 0 aliphatic rings. The van der Waals surface area contributed by atoms with Crippen LogP contribution in [0.3, 0.4) is 0 Å². The van der Waals surface area contributed by atoms with Crippen molar-refractivity contribution >= 4 is 34.5 Å². The van der Waals surface area contributed by atoms with E-state index in [1.807, 2.05) is 24.3 Å². The second-order valence-corrected chi connectivity index (χ2v) is 8.33. The van der Waals surface area contributed by atoms with Crippen LogP contribution in [0.15, 0.2) is 59.9 Å². The zero-order chi connectivity index (χ0) is 22.3. The number of amides is 1. The van der Waals surface area contributed by atoms with Gasteiger partial charge in [-0.2, -0.15) is 0 Å². The predicted octanol–water partition coefficient (Wildman–Crippen LogP) is 4.48. The number of fused-ring (bicyclic) bond motifs is 1. The number of unbranched alkanes of at least 4 members (excludes halogenated alkanes) is 1. The molecule has 7 nitrogen and oxygen atoms in total. The number of hydrogen-bond donors (Lipinski definition) is 1. The summed E-state index contributed by atoms with van der Waals surface area (Å²) in [6, 6.07) is 14.2. The number of benzene rings is 2. The van der Waals surface area contributed by atoms with Crippen molar-refractivity contribution in [2.75, 3.05) is 11.1 Å². The molecule has 2 heterocycles. The lowest BCUT2D eigenvalue weighted by Crippen LogP contribution is -2.14. The van der Waals surface area contributed by atoms with Gasteiger partial charge < -0.3 is 5.32 Å². The Morgan fingerprint density at radius 2 is 1.81 bits per heavy atom. The Bertz CT molecular complexity index is 1190. The quantitative estimate of drug-likeness (QED) is 0.299. The van der Waals surface area contributed by atoms with Crippen molar-refractivity contribution in [2.24, 2.45) is 0 Å². The van der Waals surface area contributed by atoms with Crippen LogP contribution in [0, 0.1) is 5.82 Å². The van der Waals surface area contributed by atoms with Gasteiger partial charge in [-0.1, -0.05) is 54.6 Å². The number of carbonyl (C=O) groups excluding carboxylic acids is 1. The molecule has 0 bridgehead atoms. The summed E-state index contributed by atoms with van der Waals surface area (Å²) >= 11 is 1.28. The van der Waals surface area contributed by atoms with E-state index in [9.17, 15) is 9.18 Å². The number of nitrogens with zero attached hydrogens (tertiary/aromatic N) is 5. The number of rotatable bonds is 9. The Kier molecular flexibility index (Phi) is 7.06. The maximum absolute atomic E-state index is 13.1. The molecule has 0 fully saturated rings. The van der Waals surface area contributed by atoms with Gasteiger partial charge in [-0.3, -0.25) is 4.79 Å². The Labute approximate surface area is 189 Å². The highest BCUT2D eigenvalue weighted by molar-refractivity contribution is 8.00. The van der Waals surface area contributed by atoms with Crippen LogP contribution in [0.2, 0.25) is 0 Å². The lowest BCUT2D eigenvalue weighted by Gasteiger charge is -2.07. The van der Waals surface area contributed by atoms with E-state index in [4.69, 9.17) is 0 Å². The summed E-state index contributed by atoms with van der Waals surface area (Å²) in [5, 5.41) is 11.8. The van der Waals surface area contributed by atoms with Crippen LogP contribution in [0.4, 0.5) is 10.1 Å². The van der Waals surface area contributed by atoms with Gasteiger partial charge in [-0.25, -0.2) is 19.0 Å². The third-order valence-electron chi connectivity index (χ3n) is 4.91. The molecular weight excluding hydrogens is 427 g/mol. The molecule has 0 saturated heterocycles. The largest absolute Gasteiger partial charge is 0.325 e. The van der Waals surface area contributed by atoms with Crippen LogP contribution in [-0.2, 0) is 17.8 Å². The number of hydrogen-bond acceptors (Lipinski definition) is 6. The van der Waals surface area contributed by atoms with Crippen LogP contribution >= 0.6 is 11.8 Å². The molecule has 2 aromatic heterocycles. The van der Waals surface area contributed by atoms with Crippen LogP contribution < -0.4 is 5.32 Å². The Morgan fingerprint density at radius 3 is 2.56 bits per heavy atom. The summed E-state index contributed by atoms with van der Waals surface area (Å²) in [5.74, 6) is -0.222. The summed E-state index contributed by atoms with van der Waals surface area (Å²) in [4.78, 5) is 20.9. The molecule has 4 aromatic rings. The highest BCUT2D eigenvalue weighted by Crippen LogP contribution is 2.23. The minimum absolute atomic E-state index is 0.123. The van der Waals surface area contributed by atoms with Crippen molar-refractivity contribution in [3.63, 3.8) is 0 Å². The van der Waals surface area contributed by atoms with Crippen LogP contribution in [0.5, 0.6) is 0 Å². The highest BCUT2D eigenvalue weighted by Gasteiger charge is 2.14. The average Bonchev–Trinajstić information content (AvgIpc) is 3.22. The molecule has 0 radical (unpaired) electrons. The van der Waals surface area contributed by atoms with Gasteiger partial charge in [0.25, 0.3) is 0 Å². The molecule has 4 rings (SSSR count). The van der Waals surface area contributed by atoms with Gasteiger partial charge in [-0.05, 0) is 48.2 Å². The summed E-state index contributed by atoms with van der Waals surface area (Å²) in [5.41, 5.74) is 4.02. The third-order valence-corrected chi connectivity index (χ3v) is 5.89. The minimum Gasteiger partial charge on any atom is -0.325 e. The summed E-state index contributed by atoms with van der Waals surface area (Å²) in [6.07, 6.45) is 4.80. The molecule has 0 saturated carbocycles. The van der Waals surface area contributed by atoms with Gasteiger partial charge in [0, 0.05) is 5.69 Å². The summed E-state index contributed by atoms with van der Waals surface area (Å²) < 4.78 is 14.8. The van der Waals surface area contributed by atoms with Crippen molar-refractivity contribution in [3.8, 4) is 0 Å². The zero-order valence-electron chi connectivity index (χ0n) is 17.7. The Balaban J connectivity index is 1.38. The number of anilines is 1. The fourth-order valence-corrected chi connectivity index (χ4v) is 3.94. The fraction of sp³-hybridized carbons (Fsp3) is 0.261. The van der Waals surface area contributed by atoms with Crippen LogP contribution in [0.1, 0.15) is 30.9 Å². The Hall–Kier alpha value is -3.33. The van der Waals surface area contributed by atoms with Crippen LogP contribution in [-0.4, -0.2) is 36.6 Å². The number of nitrogens with one attached hydrogen (secondary N) is 1. The molecule has 1 amide bonds. The van der Waals surface area contributed by atoms with E-state index in [1.165, 1.54) is 35.8 Å². The van der Waals surface area contributed by atoms with Crippen molar-refractivity contribution in [1.82, 2.24) is 25.0 Å². The zero-order valence-corrected chi connectivity index (χ0v) is 18.5. The topological polar surface area (TPSA) is 85.6 Å². The predicted molar refractivity (Wildman–Crippen MR) is 123 cm³/mol. The van der Waals surface area contributed by atoms with Gasteiger partial charge in [0.1, 0.15) is 17.2 Å². The van der Waals surface area contributed by atoms with Crippen molar-refractivity contribution in [2.45, 2.75) is 37.8 Å². The van der Waals surface area contributed by atoms with E-state index in [0.717, 1.165) is 30.5 Å². The van der Waals surface area contributed by atoms with E-state index in [-0.39, 0.29) is 17.5 Å². The van der Waals surface area contributed by atoms with Gasteiger partial charge in [0.05, 0.1) is 12.3 Å². The van der Waals surface area contributed by atoms with E-state index in [0.29, 0.717) is 22.7 Å². The molecule has 0 unspecified atom stereocenters. The minimum atomic E-state index is -0.288.